The number of carbonyl (C=O) groups excluding carboxylic acids is 1. The molecule has 0 aliphatic heterocycles. The molecular weight excluding hydrogens is 176 g/mol. The number of hydrogen-bond acceptors (Lipinski definition) is 2. The van der Waals surface area contributed by atoms with Gasteiger partial charge in [0.25, 0.3) is 0 Å². The summed E-state index contributed by atoms with van der Waals surface area (Å²) >= 11 is 0. The van der Waals surface area contributed by atoms with Crippen LogP contribution in [-0.4, -0.2) is 16.9 Å². The summed E-state index contributed by atoms with van der Waals surface area (Å²) in [6.07, 6.45) is 7.21. The zero-order chi connectivity index (χ0) is 9.80. The summed E-state index contributed by atoms with van der Waals surface area (Å²) in [6.45, 7) is 0. The zero-order valence-electron chi connectivity index (χ0n) is 8.07. The normalized spacial score (nSPS) is 15.1. The van der Waals surface area contributed by atoms with Crippen LogP contribution in [0.25, 0.3) is 0 Å². The average Bonchev–Trinajstić information content (AvgIpc) is 3.00. The monoisotopic (exact) mass is 190 g/mol. The molecule has 0 aromatic carbocycles. The van der Waals surface area contributed by atoms with Crippen molar-refractivity contribution in [3.8, 4) is 0 Å². The van der Waals surface area contributed by atoms with E-state index in [1.807, 2.05) is 12.1 Å². The number of aromatic nitrogens is 1. The topological polar surface area (TPSA) is 42.0 Å². The summed E-state index contributed by atoms with van der Waals surface area (Å²) in [5.74, 6) is 0.171. The Kier molecular flexibility index (Phi) is 2.77. The third-order valence-corrected chi connectivity index (χ3v) is 2.33. The van der Waals surface area contributed by atoms with Gasteiger partial charge in [-0.3, -0.25) is 9.78 Å². The van der Waals surface area contributed by atoms with Gasteiger partial charge < -0.3 is 5.32 Å². The fraction of sp³-hybridized carbons (Fsp3) is 0.455. The molecule has 14 heavy (non-hydrogen) atoms. The molecule has 1 heterocycles. The van der Waals surface area contributed by atoms with Gasteiger partial charge in [0, 0.05) is 24.9 Å². The molecule has 1 N–H and O–H groups in total. The lowest BCUT2D eigenvalue weighted by atomic mass is 10.1. The Morgan fingerprint density at radius 3 is 2.79 bits per heavy atom. The number of nitrogens with zero attached hydrogens (tertiary/aromatic N) is 1. The highest BCUT2D eigenvalue weighted by Gasteiger charge is 2.22. The maximum absolute atomic E-state index is 11.3. The van der Waals surface area contributed by atoms with Crippen LogP contribution in [0.4, 0.5) is 0 Å². The SMILES string of the molecule is O=C(CCc1ccncc1)NC1CC1. The van der Waals surface area contributed by atoms with Crippen molar-refractivity contribution in [2.24, 2.45) is 0 Å². The van der Waals surface area contributed by atoms with Crippen molar-refractivity contribution in [1.29, 1.82) is 0 Å². The molecule has 3 heteroatoms. The molecule has 0 radical (unpaired) electrons. The van der Waals surface area contributed by atoms with Crippen molar-refractivity contribution < 1.29 is 4.79 Å². The summed E-state index contributed by atoms with van der Waals surface area (Å²) in [4.78, 5) is 15.3. The highest BCUT2D eigenvalue weighted by molar-refractivity contribution is 5.76. The largest absolute Gasteiger partial charge is 0.353 e. The predicted octanol–water partition coefficient (Wildman–Crippen LogP) is 1.29. The molecule has 2 rings (SSSR count). The number of pyridine rings is 1. The van der Waals surface area contributed by atoms with Crippen molar-refractivity contribution in [2.75, 3.05) is 0 Å². The first-order chi connectivity index (χ1) is 6.84. The molecule has 74 valence electrons. The third-order valence-electron chi connectivity index (χ3n) is 2.33. The van der Waals surface area contributed by atoms with Crippen molar-refractivity contribution in [2.45, 2.75) is 31.7 Å². The van der Waals surface area contributed by atoms with E-state index in [2.05, 4.69) is 10.3 Å². The van der Waals surface area contributed by atoms with Gasteiger partial charge in [-0.25, -0.2) is 0 Å². The van der Waals surface area contributed by atoms with Gasteiger partial charge in [-0.1, -0.05) is 0 Å². The molecule has 0 saturated heterocycles. The number of amides is 1. The quantitative estimate of drug-likeness (QED) is 0.777. The molecule has 1 amide bonds. The van der Waals surface area contributed by atoms with Gasteiger partial charge in [0.1, 0.15) is 0 Å². The van der Waals surface area contributed by atoms with Crippen LogP contribution in [0.2, 0.25) is 0 Å². The number of aryl methyl sites for hydroxylation is 1. The molecule has 1 aromatic rings. The van der Waals surface area contributed by atoms with Crippen LogP contribution in [0.5, 0.6) is 0 Å². The van der Waals surface area contributed by atoms with E-state index < -0.39 is 0 Å². The molecule has 1 saturated carbocycles. The van der Waals surface area contributed by atoms with Crippen LogP contribution < -0.4 is 5.32 Å². The molecule has 0 unspecified atom stereocenters. The first kappa shape index (κ1) is 9.19. The number of rotatable bonds is 4. The van der Waals surface area contributed by atoms with Crippen molar-refractivity contribution in [1.82, 2.24) is 10.3 Å². The van der Waals surface area contributed by atoms with Crippen LogP contribution in [-0.2, 0) is 11.2 Å². The van der Waals surface area contributed by atoms with E-state index >= 15 is 0 Å². The van der Waals surface area contributed by atoms with Crippen LogP contribution in [0.1, 0.15) is 24.8 Å². The van der Waals surface area contributed by atoms with Crippen molar-refractivity contribution >= 4 is 5.91 Å². The number of nitrogens with one attached hydrogen (secondary N) is 1. The molecule has 1 fully saturated rings. The second-order valence-electron chi connectivity index (χ2n) is 3.70. The van der Waals surface area contributed by atoms with Gasteiger partial charge in [-0.15, -0.1) is 0 Å². The van der Waals surface area contributed by atoms with Gasteiger partial charge in [0.05, 0.1) is 0 Å². The number of carbonyl (C=O) groups is 1. The second-order valence-corrected chi connectivity index (χ2v) is 3.70. The van der Waals surface area contributed by atoms with Crippen LogP contribution >= 0.6 is 0 Å². The molecule has 1 aliphatic rings. The Labute approximate surface area is 83.5 Å². The summed E-state index contributed by atoms with van der Waals surface area (Å²) in [5.41, 5.74) is 1.17. The van der Waals surface area contributed by atoms with E-state index in [1.165, 1.54) is 5.56 Å². The predicted molar refractivity (Wildman–Crippen MR) is 53.7 cm³/mol. The molecule has 0 spiro atoms. The molecular formula is C11H14N2O. The lowest BCUT2D eigenvalue weighted by Crippen LogP contribution is -2.25. The van der Waals surface area contributed by atoms with Crippen molar-refractivity contribution in [3.05, 3.63) is 30.1 Å². The van der Waals surface area contributed by atoms with Gasteiger partial charge in [0.2, 0.25) is 5.91 Å². The van der Waals surface area contributed by atoms with E-state index in [0.717, 1.165) is 19.3 Å². The smallest absolute Gasteiger partial charge is 0.220 e. The highest BCUT2D eigenvalue weighted by Crippen LogP contribution is 2.18. The van der Waals surface area contributed by atoms with E-state index in [0.29, 0.717) is 12.5 Å². The molecule has 3 nitrogen and oxygen atoms in total. The third kappa shape index (κ3) is 2.83. The van der Waals surface area contributed by atoms with E-state index in [1.54, 1.807) is 12.4 Å². The fourth-order valence-corrected chi connectivity index (χ4v) is 1.33. The molecule has 0 atom stereocenters. The maximum Gasteiger partial charge on any atom is 0.220 e. The summed E-state index contributed by atoms with van der Waals surface area (Å²) in [6, 6.07) is 4.37. The minimum absolute atomic E-state index is 0.171. The maximum atomic E-state index is 11.3. The van der Waals surface area contributed by atoms with E-state index in [4.69, 9.17) is 0 Å². The lowest BCUT2D eigenvalue weighted by Gasteiger charge is -2.02. The van der Waals surface area contributed by atoms with Crippen LogP contribution in [0.3, 0.4) is 0 Å². The second kappa shape index (κ2) is 4.22. The Hall–Kier alpha value is -1.38. The minimum Gasteiger partial charge on any atom is -0.353 e. The Morgan fingerprint density at radius 1 is 1.43 bits per heavy atom. The summed E-state index contributed by atoms with van der Waals surface area (Å²) in [5, 5.41) is 2.97. The minimum atomic E-state index is 0.171. The molecule has 1 aliphatic carbocycles. The van der Waals surface area contributed by atoms with Gasteiger partial charge >= 0.3 is 0 Å². The Morgan fingerprint density at radius 2 is 2.14 bits per heavy atom. The summed E-state index contributed by atoms with van der Waals surface area (Å²) in [7, 11) is 0. The number of hydrogen-bond donors (Lipinski definition) is 1. The first-order valence-electron chi connectivity index (χ1n) is 5.03. The lowest BCUT2D eigenvalue weighted by molar-refractivity contribution is -0.121. The molecule has 0 bridgehead atoms. The van der Waals surface area contributed by atoms with Gasteiger partial charge in [-0.05, 0) is 37.0 Å². The van der Waals surface area contributed by atoms with E-state index in [9.17, 15) is 4.79 Å². The van der Waals surface area contributed by atoms with Crippen LogP contribution in [0, 0.1) is 0 Å². The average molecular weight is 190 g/mol. The fourth-order valence-electron chi connectivity index (χ4n) is 1.33. The highest BCUT2D eigenvalue weighted by atomic mass is 16.1. The Bertz CT molecular complexity index is 306. The summed E-state index contributed by atoms with van der Waals surface area (Å²) < 4.78 is 0. The Balaban J connectivity index is 1.73. The first-order valence-corrected chi connectivity index (χ1v) is 5.03. The van der Waals surface area contributed by atoms with Gasteiger partial charge in [-0.2, -0.15) is 0 Å². The van der Waals surface area contributed by atoms with E-state index in [-0.39, 0.29) is 5.91 Å². The standard InChI is InChI=1S/C11H14N2O/c14-11(13-10-2-3-10)4-1-9-5-7-12-8-6-9/h5-8,10H,1-4H2,(H,13,14). The van der Waals surface area contributed by atoms with Gasteiger partial charge in [0.15, 0.2) is 0 Å². The molecule has 1 aromatic heterocycles. The van der Waals surface area contributed by atoms with Crippen LogP contribution in [0.15, 0.2) is 24.5 Å². The zero-order valence-corrected chi connectivity index (χ0v) is 8.07. The van der Waals surface area contributed by atoms with Crippen molar-refractivity contribution in [3.63, 3.8) is 0 Å².